The predicted octanol–water partition coefficient (Wildman–Crippen LogP) is 5.61. The fraction of sp³-hybridized carbons (Fsp3) is 0.962. The summed E-state index contributed by atoms with van der Waals surface area (Å²) in [7, 11) is 0. The first kappa shape index (κ1) is 30.4. The number of carbonyl (C=O) groups excluding carboxylic acids is 1. The number of esters is 1. The zero-order valence-corrected chi connectivity index (χ0v) is 20.9. The molecule has 0 atom stereocenters. The van der Waals surface area contributed by atoms with Gasteiger partial charge in [0.1, 0.15) is 26.2 Å². The lowest BCUT2D eigenvalue weighted by molar-refractivity contribution is -0.927. The molecule has 0 spiro atoms. The van der Waals surface area contributed by atoms with Crippen molar-refractivity contribution in [2.24, 2.45) is 0 Å². The van der Waals surface area contributed by atoms with Gasteiger partial charge >= 0.3 is 5.97 Å². The van der Waals surface area contributed by atoms with Crippen LogP contribution in [0.1, 0.15) is 117 Å². The third-order valence-electron chi connectivity index (χ3n) is 6.63. The first-order valence-corrected chi connectivity index (χ1v) is 13.4. The van der Waals surface area contributed by atoms with E-state index in [2.05, 4.69) is 6.92 Å². The SMILES string of the molecule is CCCCCCCCCCCCCCCCCC(=O)OCC[N+](CC)(CCO)CCO. The Bertz CT molecular complexity index is 384. The van der Waals surface area contributed by atoms with Crippen LogP contribution in [-0.4, -0.2) is 66.7 Å². The molecule has 31 heavy (non-hydrogen) atoms. The molecule has 0 unspecified atom stereocenters. The zero-order valence-electron chi connectivity index (χ0n) is 20.9. The lowest BCUT2D eigenvalue weighted by Gasteiger charge is -2.36. The van der Waals surface area contributed by atoms with E-state index >= 15 is 0 Å². The van der Waals surface area contributed by atoms with Gasteiger partial charge in [0.15, 0.2) is 0 Å². The Labute approximate surface area is 193 Å². The molecule has 0 bridgehead atoms. The molecule has 0 heterocycles. The number of quaternary nitrogens is 1. The summed E-state index contributed by atoms with van der Waals surface area (Å²) < 4.78 is 5.99. The van der Waals surface area contributed by atoms with Crippen LogP contribution in [0, 0.1) is 0 Å². The van der Waals surface area contributed by atoms with E-state index in [0.717, 1.165) is 19.4 Å². The minimum Gasteiger partial charge on any atom is -0.460 e. The van der Waals surface area contributed by atoms with E-state index in [4.69, 9.17) is 4.74 Å². The molecule has 5 heteroatoms. The van der Waals surface area contributed by atoms with E-state index in [9.17, 15) is 15.0 Å². The fourth-order valence-electron chi connectivity index (χ4n) is 4.30. The molecular weight excluding hydrogens is 390 g/mol. The summed E-state index contributed by atoms with van der Waals surface area (Å²) >= 11 is 0. The van der Waals surface area contributed by atoms with Gasteiger partial charge in [-0.25, -0.2) is 0 Å². The standard InChI is InChI=1S/C26H54NO4/c1-3-5-6-7-8-9-10-11-12-13-14-15-16-17-18-19-26(30)31-25-22-27(4-2,20-23-28)21-24-29/h28-29H,3-25H2,1-2H3/q+1. The summed E-state index contributed by atoms with van der Waals surface area (Å²) in [6.07, 6.45) is 20.3. The van der Waals surface area contributed by atoms with Gasteiger partial charge in [0, 0.05) is 6.42 Å². The zero-order chi connectivity index (χ0) is 23.0. The number of ether oxygens (including phenoxy) is 1. The van der Waals surface area contributed by atoms with E-state index < -0.39 is 0 Å². The number of carbonyl (C=O) groups is 1. The average molecular weight is 445 g/mol. The number of hydrogen-bond donors (Lipinski definition) is 2. The van der Waals surface area contributed by atoms with Crippen molar-refractivity contribution >= 4 is 5.97 Å². The highest BCUT2D eigenvalue weighted by atomic mass is 16.5. The molecule has 0 aliphatic heterocycles. The largest absolute Gasteiger partial charge is 0.460 e. The Hall–Kier alpha value is -0.650. The maximum atomic E-state index is 11.9. The summed E-state index contributed by atoms with van der Waals surface area (Å²) in [6, 6.07) is 0. The highest BCUT2D eigenvalue weighted by molar-refractivity contribution is 5.69. The third-order valence-corrected chi connectivity index (χ3v) is 6.63. The number of aliphatic hydroxyl groups is 2. The van der Waals surface area contributed by atoms with Crippen LogP contribution in [-0.2, 0) is 9.53 Å². The molecule has 2 N–H and O–H groups in total. The minimum atomic E-state index is -0.114. The van der Waals surface area contributed by atoms with Crippen LogP contribution in [0.3, 0.4) is 0 Å². The molecule has 0 aliphatic carbocycles. The second-order valence-electron chi connectivity index (χ2n) is 9.20. The molecule has 0 aromatic rings. The Morgan fingerprint density at radius 3 is 1.45 bits per heavy atom. The van der Waals surface area contributed by atoms with Gasteiger partial charge in [-0.1, -0.05) is 96.8 Å². The van der Waals surface area contributed by atoms with Crippen molar-refractivity contribution in [3.63, 3.8) is 0 Å². The van der Waals surface area contributed by atoms with E-state index in [1.54, 1.807) is 0 Å². The second kappa shape index (κ2) is 22.5. The van der Waals surface area contributed by atoms with Gasteiger partial charge in [0.25, 0.3) is 0 Å². The highest BCUT2D eigenvalue weighted by Crippen LogP contribution is 2.14. The predicted molar refractivity (Wildman–Crippen MR) is 130 cm³/mol. The van der Waals surface area contributed by atoms with Gasteiger partial charge in [-0.15, -0.1) is 0 Å². The molecule has 0 fully saturated rings. The number of unbranched alkanes of at least 4 members (excludes halogenated alkanes) is 14. The Morgan fingerprint density at radius 1 is 0.645 bits per heavy atom. The van der Waals surface area contributed by atoms with Crippen molar-refractivity contribution in [3.8, 4) is 0 Å². The number of aliphatic hydroxyl groups excluding tert-OH is 2. The topological polar surface area (TPSA) is 66.8 Å². The lowest BCUT2D eigenvalue weighted by Crippen LogP contribution is -2.53. The number of hydrogen-bond acceptors (Lipinski definition) is 4. The Kier molecular flexibility index (Phi) is 22.1. The number of nitrogens with zero attached hydrogens (tertiary/aromatic N) is 1. The quantitative estimate of drug-likeness (QED) is 0.115. The van der Waals surface area contributed by atoms with Gasteiger partial charge < -0.3 is 19.4 Å². The van der Waals surface area contributed by atoms with Crippen molar-refractivity contribution < 1.29 is 24.2 Å². The summed E-state index contributed by atoms with van der Waals surface area (Å²) in [6.45, 7) is 7.51. The Morgan fingerprint density at radius 2 is 1.06 bits per heavy atom. The van der Waals surface area contributed by atoms with Gasteiger partial charge in [0.05, 0.1) is 19.8 Å². The molecule has 0 aliphatic rings. The smallest absolute Gasteiger partial charge is 0.305 e. The monoisotopic (exact) mass is 444 g/mol. The lowest BCUT2D eigenvalue weighted by atomic mass is 10.0. The average Bonchev–Trinajstić information content (AvgIpc) is 2.76. The van der Waals surface area contributed by atoms with E-state index in [-0.39, 0.29) is 19.2 Å². The first-order chi connectivity index (χ1) is 15.1. The molecule has 5 nitrogen and oxygen atoms in total. The molecule has 0 saturated heterocycles. The molecule has 0 aromatic heterocycles. The van der Waals surface area contributed by atoms with E-state index in [0.29, 0.717) is 37.1 Å². The van der Waals surface area contributed by atoms with Crippen molar-refractivity contribution in [2.45, 2.75) is 117 Å². The van der Waals surface area contributed by atoms with Crippen LogP contribution in [0.2, 0.25) is 0 Å². The molecular formula is C26H54NO4+. The maximum absolute atomic E-state index is 11.9. The van der Waals surface area contributed by atoms with Crippen molar-refractivity contribution in [2.75, 3.05) is 46.0 Å². The molecule has 0 saturated carbocycles. The highest BCUT2D eigenvalue weighted by Gasteiger charge is 2.24. The van der Waals surface area contributed by atoms with Crippen LogP contribution in [0.15, 0.2) is 0 Å². The fourth-order valence-corrected chi connectivity index (χ4v) is 4.30. The molecule has 0 rings (SSSR count). The summed E-state index contributed by atoms with van der Waals surface area (Å²) in [5.74, 6) is -0.114. The van der Waals surface area contributed by atoms with Crippen molar-refractivity contribution in [1.82, 2.24) is 0 Å². The molecule has 0 aromatic carbocycles. The number of rotatable bonds is 24. The minimum absolute atomic E-state index is 0.0842. The summed E-state index contributed by atoms with van der Waals surface area (Å²) in [5.41, 5.74) is 0. The summed E-state index contributed by atoms with van der Waals surface area (Å²) in [4.78, 5) is 11.9. The molecule has 186 valence electrons. The summed E-state index contributed by atoms with van der Waals surface area (Å²) in [5, 5.41) is 18.5. The van der Waals surface area contributed by atoms with Gasteiger partial charge in [-0.3, -0.25) is 4.79 Å². The van der Waals surface area contributed by atoms with Crippen LogP contribution in [0.4, 0.5) is 0 Å². The Balaban J connectivity index is 3.48. The van der Waals surface area contributed by atoms with Gasteiger partial charge in [-0.05, 0) is 13.3 Å². The first-order valence-electron chi connectivity index (χ1n) is 13.4. The van der Waals surface area contributed by atoms with Crippen LogP contribution >= 0.6 is 0 Å². The van der Waals surface area contributed by atoms with Crippen LogP contribution in [0.25, 0.3) is 0 Å². The van der Waals surface area contributed by atoms with E-state index in [1.165, 1.54) is 83.5 Å². The normalized spacial score (nSPS) is 11.7. The second-order valence-corrected chi connectivity index (χ2v) is 9.20. The third kappa shape index (κ3) is 18.6. The van der Waals surface area contributed by atoms with Gasteiger partial charge in [-0.2, -0.15) is 0 Å². The van der Waals surface area contributed by atoms with Crippen molar-refractivity contribution in [3.05, 3.63) is 0 Å². The van der Waals surface area contributed by atoms with Gasteiger partial charge in [0.2, 0.25) is 0 Å². The molecule has 0 radical (unpaired) electrons. The van der Waals surface area contributed by atoms with E-state index in [1.807, 2.05) is 6.92 Å². The molecule has 0 amide bonds. The van der Waals surface area contributed by atoms with Crippen LogP contribution < -0.4 is 0 Å². The maximum Gasteiger partial charge on any atom is 0.305 e. The van der Waals surface area contributed by atoms with Crippen LogP contribution in [0.5, 0.6) is 0 Å². The number of likely N-dealkylation sites (N-methyl/N-ethyl adjacent to an activating group) is 1. The van der Waals surface area contributed by atoms with Crippen molar-refractivity contribution in [1.29, 1.82) is 0 Å².